The van der Waals surface area contributed by atoms with E-state index in [4.69, 9.17) is 14.2 Å². The minimum atomic E-state index is -0.468. The zero-order chi connectivity index (χ0) is 19.6. The van der Waals surface area contributed by atoms with Crippen molar-refractivity contribution in [2.24, 2.45) is 5.10 Å². The van der Waals surface area contributed by atoms with Gasteiger partial charge in [-0.2, -0.15) is 5.10 Å². The Hall–Kier alpha value is -3.55. The normalized spacial score (nSPS) is 10.3. The zero-order valence-electron chi connectivity index (χ0n) is 15.3. The van der Waals surface area contributed by atoms with Crippen LogP contribution in [0.1, 0.15) is 15.9 Å². The monoisotopic (exact) mass is 371 g/mol. The van der Waals surface area contributed by atoms with E-state index in [0.29, 0.717) is 28.4 Å². The van der Waals surface area contributed by atoms with E-state index in [1.165, 1.54) is 20.4 Å². The molecule has 2 rings (SSSR count). The molecule has 0 spiro atoms. The summed E-state index contributed by atoms with van der Waals surface area (Å²) in [5.41, 5.74) is 3.38. The van der Waals surface area contributed by atoms with Gasteiger partial charge in [-0.05, 0) is 36.4 Å². The first-order valence-electron chi connectivity index (χ1n) is 8.03. The number of ether oxygens (including phenoxy) is 3. The Bertz CT molecular complexity index is 836. The lowest BCUT2D eigenvalue weighted by atomic mass is 10.2. The van der Waals surface area contributed by atoms with E-state index in [-0.39, 0.29) is 12.5 Å². The largest absolute Gasteiger partial charge is 0.497 e. The lowest BCUT2D eigenvalue weighted by molar-refractivity contribution is -0.120. The van der Waals surface area contributed by atoms with Gasteiger partial charge in [0.2, 0.25) is 0 Å². The van der Waals surface area contributed by atoms with Crippen molar-refractivity contribution >= 4 is 18.0 Å². The summed E-state index contributed by atoms with van der Waals surface area (Å²) in [5, 5.41) is 6.39. The van der Waals surface area contributed by atoms with E-state index in [1.807, 2.05) is 0 Å². The van der Waals surface area contributed by atoms with Crippen LogP contribution >= 0.6 is 0 Å². The molecule has 2 N–H and O–H groups in total. The quantitative estimate of drug-likeness (QED) is 0.542. The Kier molecular flexibility index (Phi) is 7.18. The lowest BCUT2D eigenvalue weighted by Gasteiger charge is -2.07. The standard InChI is InChI=1S/C19H21N3O5/c1-25-15-6-4-5-13(9-15)19(24)20-12-18(23)22-21-11-14-10-16(26-2)7-8-17(14)27-3/h4-11H,12H2,1-3H3,(H,20,24)(H,22,23)/b21-11+. The number of carbonyl (C=O) groups excluding carboxylic acids is 2. The number of benzene rings is 2. The molecule has 0 saturated carbocycles. The molecule has 2 aromatic rings. The summed E-state index contributed by atoms with van der Waals surface area (Å²) in [4.78, 5) is 23.9. The summed E-state index contributed by atoms with van der Waals surface area (Å²) in [6.07, 6.45) is 1.43. The molecule has 0 aliphatic rings. The Morgan fingerprint density at radius 2 is 1.74 bits per heavy atom. The molecule has 0 aliphatic carbocycles. The summed E-state index contributed by atoms with van der Waals surface area (Å²) in [7, 11) is 4.60. The van der Waals surface area contributed by atoms with E-state index in [1.54, 1.807) is 49.6 Å². The summed E-state index contributed by atoms with van der Waals surface area (Å²) >= 11 is 0. The number of carbonyl (C=O) groups is 2. The lowest BCUT2D eigenvalue weighted by Crippen LogP contribution is -2.34. The topological polar surface area (TPSA) is 98.2 Å². The highest BCUT2D eigenvalue weighted by atomic mass is 16.5. The van der Waals surface area contributed by atoms with E-state index in [9.17, 15) is 9.59 Å². The van der Waals surface area contributed by atoms with Gasteiger partial charge in [0.15, 0.2) is 0 Å². The fourth-order valence-corrected chi connectivity index (χ4v) is 2.18. The second kappa shape index (κ2) is 9.81. The van der Waals surface area contributed by atoms with Crippen LogP contribution in [0.5, 0.6) is 17.2 Å². The van der Waals surface area contributed by atoms with Gasteiger partial charge < -0.3 is 19.5 Å². The molecule has 0 heterocycles. The smallest absolute Gasteiger partial charge is 0.259 e. The first kappa shape index (κ1) is 19.8. The van der Waals surface area contributed by atoms with Crippen LogP contribution < -0.4 is 25.0 Å². The predicted molar refractivity (Wildman–Crippen MR) is 101 cm³/mol. The van der Waals surface area contributed by atoms with Crippen LogP contribution in [0.25, 0.3) is 0 Å². The Morgan fingerprint density at radius 1 is 1.00 bits per heavy atom. The fraction of sp³-hybridized carbons (Fsp3) is 0.211. The molecule has 0 aromatic heterocycles. The molecule has 0 atom stereocenters. The van der Waals surface area contributed by atoms with Crippen LogP contribution in [0.4, 0.5) is 0 Å². The summed E-state index contributed by atoms with van der Waals surface area (Å²) < 4.78 is 15.4. The molecular weight excluding hydrogens is 350 g/mol. The van der Waals surface area contributed by atoms with Gasteiger partial charge in [0.05, 0.1) is 34.1 Å². The van der Waals surface area contributed by atoms with Crippen molar-refractivity contribution in [3.63, 3.8) is 0 Å². The Balaban J connectivity index is 1.89. The van der Waals surface area contributed by atoms with E-state index < -0.39 is 5.91 Å². The number of nitrogens with one attached hydrogen (secondary N) is 2. The van der Waals surface area contributed by atoms with Gasteiger partial charge in [-0.25, -0.2) is 5.43 Å². The zero-order valence-corrected chi connectivity index (χ0v) is 15.3. The average molecular weight is 371 g/mol. The van der Waals surface area contributed by atoms with Gasteiger partial charge in [-0.15, -0.1) is 0 Å². The minimum Gasteiger partial charge on any atom is -0.497 e. The van der Waals surface area contributed by atoms with Crippen LogP contribution in [0.2, 0.25) is 0 Å². The number of hydrogen-bond acceptors (Lipinski definition) is 6. The van der Waals surface area contributed by atoms with Crippen molar-refractivity contribution in [2.75, 3.05) is 27.9 Å². The van der Waals surface area contributed by atoms with Crippen LogP contribution in [0.15, 0.2) is 47.6 Å². The maximum absolute atomic E-state index is 12.1. The van der Waals surface area contributed by atoms with Crippen LogP contribution in [-0.2, 0) is 4.79 Å². The molecule has 27 heavy (non-hydrogen) atoms. The minimum absolute atomic E-state index is 0.220. The first-order valence-corrected chi connectivity index (χ1v) is 8.03. The molecule has 2 aromatic carbocycles. The molecule has 0 aliphatic heterocycles. The van der Waals surface area contributed by atoms with Crippen LogP contribution in [-0.4, -0.2) is 45.9 Å². The number of hydrazone groups is 1. The molecule has 8 heteroatoms. The summed E-state index contributed by atoms with van der Waals surface area (Å²) in [6.45, 7) is -0.220. The van der Waals surface area contributed by atoms with Crippen molar-refractivity contribution < 1.29 is 23.8 Å². The molecule has 2 amide bonds. The molecule has 142 valence electrons. The molecule has 0 bridgehead atoms. The third-order valence-electron chi connectivity index (χ3n) is 3.57. The van der Waals surface area contributed by atoms with Gasteiger partial charge in [0.1, 0.15) is 17.2 Å². The molecule has 8 nitrogen and oxygen atoms in total. The fourth-order valence-electron chi connectivity index (χ4n) is 2.18. The predicted octanol–water partition coefficient (Wildman–Crippen LogP) is 1.59. The molecule has 0 fully saturated rings. The highest BCUT2D eigenvalue weighted by Gasteiger charge is 2.08. The van der Waals surface area contributed by atoms with Gasteiger partial charge in [-0.3, -0.25) is 9.59 Å². The maximum atomic E-state index is 12.1. The number of hydrogen-bond donors (Lipinski definition) is 2. The SMILES string of the molecule is COc1cccc(C(=O)NCC(=O)N/N=C/c2cc(OC)ccc2OC)c1. The maximum Gasteiger partial charge on any atom is 0.259 e. The second-order valence-electron chi connectivity index (χ2n) is 5.32. The number of amides is 2. The first-order chi connectivity index (χ1) is 13.1. The van der Waals surface area contributed by atoms with E-state index in [0.717, 1.165) is 0 Å². The second-order valence-corrected chi connectivity index (χ2v) is 5.32. The number of rotatable bonds is 8. The summed E-state index contributed by atoms with van der Waals surface area (Å²) in [5.74, 6) is 0.921. The van der Waals surface area contributed by atoms with Gasteiger partial charge in [0.25, 0.3) is 11.8 Å². The van der Waals surface area contributed by atoms with Gasteiger partial charge in [-0.1, -0.05) is 6.07 Å². The van der Waals surface area contributed by atoms with Crippen molar-refractivity contribution in [3.8, 4) is 17.2 Å². The van der Waals surface area contributed by atoms with Crippen molar-refractivity contribution in [1.29, 1.82) is 0 Å². The van der Waals surface area contributed by atoms with Crippen LogP contribution in [0, 0.1) is 0 Å². The van der Waals surface area contributed by atoms with Crippen molar-refractivity contribution in [2.45, 2.75) is 0 Å². The number of methoxy groups -OCH3 is 3. The molecule has 0 saturated heterocycles. The molecular formula is C19H21N3O5. The van der Waals surface area contributed by atoms with Crippen molar-refractivity contribution in [3.05, 3.63) is 53.6 Å². The van der Waals surface area contributed by atoms with Crippen LogP contribution in [0.3, 0.4) is 0 Å². The third-order valence-corrected chi connectivity index (χ3v) is 3.57. The number of nitrogens with zero attached hydrogens (tertiary/aromatic N) is 1. The average Bonchev–Trinajstić information content (AvgIpc) is 2.71. The van der Waals surface area contributed by atoms with E-state index in [2.05, 4.69) is 15.8 Å². The summed E-state index contributed by atoms with van der Waals surface area (Å²) in [6, 6.07) is 11.8. The van der Waals surface area contributed by atoms with Crippen molar-refractivity contribution in [1.82, 2.24) is 10.7 Å². The highest BCUT2D eigenvalue weighted by molar-refractivity contribution is 5.96. The Labute approximate surface area is 157 Å². The highest BCUT2D eigenvalue weighted by Crippen LogP contribution is 2.22. The van der Waals surface area contributed by atoms with Gasteiger partial charge in [0, 0.05) is 11.1 Å². The van der Waals surface area contributed by atoms with Gasteiger partial charge >= 0.3 is 0 Å². The molecule has 0 radical (unpaired) electrons. The van der Waals surface area contributed by atoms with E-state index >= 15 is 0 Å². The Morgan fingerprint density at radius 3 is 2.44 bits per heavy atom. The molecule has 0 unspecified atom stereocenters. The third kappa shape index (κ3) is 5.74.